The lowest BCUT2D eigenvalue weighted by Crippen LogP contribution is -2.06. The number of ether oxygens (including phenoxy) is 1. The maximum atomic E-state index is 11.1. The predicted octanol–water partition coefficient (Wildman–Crippen LogP) is 3.04. The van der Waals surface area contributed by atoms with Crippen molar-refractivity contribution in [2.24, 2.45) is 0 Å². The van der Waals surface area contributed by atoms with E-state index in [4.69, 9.17) is 4.74 Å². The molecular weight excluding hydrogens is 188 g/mol. The van der Waals surface area contributed by atoms with Gasteiger partial charge in [0.05, 0.1) is 0 Å². The first-order valence-electron chi connectivity index (χ1n) is 4.67. The number of esters is 1. The molecule has 0 heterocycles. The average molecular weight is 202 g/mol. The van der Waals surface area contributed by atoms with Crippen molar-refractivity contribution in [3.05, 3.63) is 48.1 Å². The average Bonchev–Trinajstić information content (AvgIpc) is 2.24. The number of aryl methyl sites for hydroxylation is 1. The molecule has 2 heteroatoms. The molecule has 0 bridgehead atoms. The Bertz CT molecular complexity index is 417. The minimum atomic E-state index is -0.442. The van der Waals surface area contributed by atoms with E-state index in [1.54, 1.807) is 6.08 Å². The Hall–Kier alpha value is -1.83. The van der Waals surface area contributed by atoms with Crippen LogP contribution >= 0.6 is 0 Å². The number of rotatable bonds is 3. The third kappa shape index (κ3) is 2.34. The topological polar surface area (TPSA) is 26.3 Å². The van der Waals surface area contributed by atoms with E-state index in [0.717, 1.165) is 22.8 Å². The molecule has 0 aliphatic carbocycles. The van der Waals surface area contributed by atoms with Crippen LogP contribution in [0.15, 0.2) is 31.4 Å². The summed E-state index contributed by atoms with van der Waals surface area (Å²) in [7, 11) is 0. The van der Waals surface area contributed by atoms with Crippen LogP contribution in [0.5, 0.6) is 5.75 Å². The molecule has 1 aromatic rings. The van der Waals surface area contributed by atoms with E-state index < -0.39 is 5.97 Å². The molecule has 0 unspecified atom stereocenters. The molecule has 0 radical (unpaired) electrons. The van der Waals surface area contributed by atoms with Crippen LogP contribution < -0.4 is 4.74 Å². The molecule has 0 aliphatic heterocycles. The number of hydrogen-bond donors (Lipinski definition) is 0. The van der Waals surface area contributed by atoms with Crippen LogP contribution in [-0.2, 0) is 4.79 Å². The van der Waals surface area contributed by atoms with Crippen LogP contribution in [0.2, 0.25) is 0 Å². The predicted molar refractivity (Wildman–Crippen MR) is 61.8 cm³/mol. The first-order chi connectivity index (χ1) is 7.10. The highest BCUT2D eigenvalue weighted by molar-refractivity contribution is 5.84. The fourth-order valence-electron chi connectivity index (χ4n) is 1.36. The normalized spacial score (nSPS) is 9.47. The van der Waals surface area contributed by atoms with Gasteiger partial charge in [-0.2, -0.15) is 0 Å². The van der Waals surface area contributed by atoms with Crippen molar-refractivity contribution in [3.63, 3.8) is 0 Å². The highest BCUT2D eigenvalue weighted by atomic mass is 16.5. The van der Waals surface area contributed by atoms with Crippen molar-refractivity contribution in [1.29, 1.82) is 0 Å². The van der Waals surface area contributed by atoms with Crippen molar-refractivity contribution >= 4 is 12.0 Å². The zero-order valence-corrected chi connectivity index (χ0v) is 9.04. The minimum Gasteiger partial charge on any atom is -0.423 e. The number of hydrogen-bond acceptors (Lipinski definition) is 2. The number of carbonyl (C=O) groups excluding carboxylic acids is 1. The molecule has 0 N–H and O–H groups in total. The van der Waals surface area contributed by atoms with Gasteiger partial charge in [0.15, 0.2) is 0 Å². The molecule has 0 atom stereocenters. The third-order valence-corrected chi connectivity index (χ3v) is 2.23. The molecule has 0 fully saturated rings. The van der Waals surface area contributed by atoms with Crippen LogP contribution in [0, 0.1) is 13.8 Å². The number of carbonyl (C=O) groups is 1. The summed E-state index contributed by atoms with van der Waals surface area (Å²) in [5, 5.41) is 0. The SMILES string of the molecule is C=CC(=O)Oc1c(C)ccc(C=C)c1C. The second-order valence-corrected chi connectivity index (χ2v) is 3.26. The van der Waals surface area contributed by atoms with E-state index in [9.17, 15) is 4.79 Å². The summed E-state index contributed by atoms with van der Waals surface area (Å²) in [5.74, 6) is 0.153. The van der Waals surface area contributed by atoms with E-state index >= 15 is 0 Å². The Labute approximate surface area is 89.9 Å². The highest BCUT2D eigenvalue weighted by Gasteiger charge is 2.09. The molecule has 0 aliphatic rings. The molecule has 0 amide bonds. The lowest BCUT2D eigenvalue weighted by Gasteiger charge is -2.11. The summed E-state index contributed by atoms with van der Waals surface area (Å²) in [5.41, 5.74) is 2.81. The van der Waals surface area contributed by atoms with E-state index in [-0.39, 0.29) is 0 Å². The minimum absolute atomic E-state index is 0.442. The van der Waals surface area contributed by atoms with Crippen molar-refractivity contribution in [1.82, 2.24) is 0 Å². The fourth-order valence-corrected chi connectivity index (χ4v) is 1.36. The van der Waals surface area contributed by atoms with E-state index in [1.165, 1.54) is 0 Å². The second-order valence-electron chi connectivity index (χ2n) is 3.26. The van der Waals surface area contributed by atoms with Crippen molar-refractivity contribution < 1.29 is 9.53 Å². The molecule has 15 heavy (non-hydrogen) atoms. The van der Waals surface area contributed by atoms with Crippen molar-refractivity contribution in [2.45, 2.75) is 13.8 Å². The molecule has 78 valence electrons. The van der Waals surface area contributed by atoms with Crippen LogP contribution in [0.25, 0.3) is 6.08 Å². The van der Waals surface area contributed by atoms with Gasteiger partial charge in [0.2, 0.25) is 0 Å². The third-order valence-electron chi connectivity index (χ3n) is 2.23. The Morgan fingerprint density at radius 2 is 2.00 bits per heavy atom. The highest BCUT2D eigenvalue weighted by Crippen LogP contribution is 2.26. The largest absolute Gasteiger partial charge is 0.423 e. The Balaban J connectivity index is 3.20. The summed E-state index contributed by atoms with van der Waals surface area (Å²) in [6.45, 7) is 10.9. The molecule has 1 rings (SSSR count). The van der Waals surface area contributed by atoms with Gasteiger partial charge in [0, 0.05) is 6.08 Å². The van der Waals surface area contributed by atoms with Gasteiger partial charge < -0.3 is 4.74 Å². The van der Waals surface area contributed by atoms with Gasteiger partial charge in [-0.1, -0.05) is 31.4 Å². The maximum absolute atomic E-state index is 11.1. The molecule has 0 aromatic heterocycles. The standard InChI is InChI=1S/C13H14O2/c1-5-11-8-7-9(3)13(10(11)4)15-12(14)6-2/h5-8H,1-2H2,3-4H3. The van der Waals surface area contributed by atoms with Crippen molar-refractivity contribution in [3.8, 4) is 5.75 Å². The van der Waals surface area contributed by atoms with Gasteiger partial charge >= 0.3 is 5.97 Å². The monoisotopic (exact) mass is 202 g/mol. The summed E-state index contributed by atoms with van der Waals surface area (Å²) in [6, 6.07) is 3.85. The van der Waals surface area contributed by atoms with Gasteiger partial charge in [0.25, 0.3) is 0 Å². The van der Waals surface area contributed by atoms with Crippen LogP contribution in [0.3, 0.4) is 0 Å². The van der Waals surface area contributed by atoms with Crippen LogP contribution in [0.4, 0.5) is 0 Å². The van der Waals surface area contributed by atoms with Gasteiger partial charge in [-0.15, -0.1) is 0 Å². The smallest absolute Gasteiger partial charge is 0.335 e. The maximum Gasteiger partial charge on any atom is 0.335 e. The van der Waals surface area contributed by atoms with E-state index in [0.29, 0.717) is 5.75 Å². The second kappa shape index (κ2) is 4.60. The first kappa shape index (κ1) is 11.2. The summed E-state index contributed by atoms with van der Waals surface area (Å²) >= 11 is 0. The summed E-state index contributed by atoms with van der Waals surface area (Å²) in [6.07, 6.45) is 2.89. The Morgan fingerprint density at radius 3 is 2.53 bits per heavy atom. The molecule has 0 saturated heterocycles. The summed E-state index contributed by atoms with van der Waals surface area (Å²) in [4.78, 5) is 11.1. The quantitative estimate of drug-likeness (QED) is 0.428. The van der Waals surface area contributed by atoms with Gasteiger partial charge in [-0.25, -0.2) is 4.79 Å². The zero-order valence-electron chi connectivity index (χ0n) is 9.04. The molecule has 0 saturated carbocycles. The lowest BCUT2D eigenvalue weighted by atomic mass is 10.0. The first-order valence-corrected chi connectivity index (χ1v) is 4.67. The zero-order chi connectivity index (χ0) is 11.4. The van der Waals surface area contributed by atoms with Gasteiger partial charge in [-0.05, 0) is 30.5 Å². The molecule has 2 nitrogen and oxygen atoms in total. The fraction of sp³-hybridized carbons (Fsp3) is 0.154. The Morgan fingerprint density at radius 1 is 1.33 bits per heavy atom. The van der Waals surface area contributed by atoms with Crippen LogP contribution in [-0.4, -0.2) is 5.97 Å². The molecular formula is C13H14O2. The van der Waals surface area contributed by atoms with E-state index in [1.807, 2.05) is 26.0 Å². The van der Waals surface area contributed by atoms with Crippen molar-refractivity contribution in [2.75, 3.05) is 0 Å². The van der Waals surface area contributed by atoms with E-state index in [2.05, 4.69) is 13.2 Å². The van der Waals surface area contributed by atoms with Gasteiger partial charge in [-0.3, -0.25) is 0 Å². The molecule has 0 spiro atoms. The van der Waals surface area contributed by atoms with Crippen LogP contribution in [0.1, 0.15) is 16.7 Å². The molecule has 1 aromatic carbocycles. The lowest BCUT2D eigenvalue weighted by molar-refractivity contribution is -0.129. The van der Waals surface area contributed by atoms with Gasteiger partial charge in [0.1, 0.15) is 5.75 Å². The Kier molecular flexibility index (Phi) is 3.45. The summed E-state index contributed by atoms with van der Waals surface area (Å²) < 4.78 is 5.16. The number of benzene rings is 1.